The van der Waals surface area contributed by atoms with E-state index in [1.807, 2.05) is 25.1 Å². The second-order valence-corrected chi connectivity index (χ2v) is 10.3. The first kappa shape index (κ1) is 22.4. The first-order valence-corrected chi connectivity index (χ1v) is 12.6. The number of anilines is 1. The quantitative estimate of drug-likeness (QED) is 0.581. The van der Waals surface area contributed by atoms with Crippen molar-refractivity contribution < 1.29 is 17.9 Å². The van der Waals surface area contributed by atoms with Gasteiger partial charge in [-0.3, -0.25) is 15.1 Å². The van der Waals surface area contributed by atoms with E-state index < -0.39 is 15.9 Å². The number of rotatable bonds is 6. The summed E-state index contributed by atoms with van der Waals surface area (Å²) in [4.78, 5) is 21.5. The fraction of sp³-hybridized carbons (Fsp3) is 0.318. The van der Waals surface area contributed by atoms with E-state index in [4.69, 9.17) is 4.74 Å². The average Bonchev–Trinajstić information content (AvgIpc) is 3.28. The maximum Gasteiger partial charge on any atom is 0.257 e. The molecule has 1 aliphatic heterocycles. The molecule has 1 atom stereocenters. The van der Waals surface area contributed by atoms with Crippen LogP contribution >= 0.6 is 11.3 Å². The average molecular weight is 473 g/mol. The second kappa shape index (κ2) is 9.35. The van der Waals surface area contributed by atoms with E-state index in [2.05, 4.69) is 15.3 Å². The lowest BCUT2D eigenvalue weighted by molar-refractivity contribution is 0.102. The molecule has 1 aromatic carbocycles. The van der Waals surface area contributed by atoms with Gasteiger partial charge < -0.3 is 4.74 Å². The Morgan fingerprint density at radius 3 is 2.78 bits per heavy atom. The van der Waals surface area contributed by atoms with Gasteiger partial charge in [0.05, 0.1) is 12.8 Å². The van der Waals surface area contributed by atoms with Gasteiger partial charge in [0.1, 0.15) is 16.3 Å². The lowest BCUT2D eigenvalue weighted by Gasteiger charge is -2.32. The summed E-state index contributed by atoms with van der Waals surface area (Å²) in [6.45, 7) is 2.36. The molecular weight excluding hydrogens is 448 g/mol. The molecule has 0 radical (unpaired) electrons. The van der Waals surface area contributed by atoms with Gasteiger partial charge in [-0.1, -0.05) is 12.5 Å². The van der Waals surface area contributed by atoms with Gasteiger partial charge in [-0.15, -0.1) is 11.3 Å². The van der Waals surface area contributed by atoms with Gasteiger partial charge in [0, 0.05) is 29.7 Å². The lowest BCUT2D eigenvalue weighted by atomic mass is 10.1. The molecule has 8 nitrogen and oxygen atoms in total. The van der Waals surface area contributed by atoms with Crippen LogP contribution in [0.15, 0.2) is 52.9 Å². The number of thiazole rings is 1. The van der Waals surface area contributed by atoms with Crippen molar-refractivity contribution in [3.63, 3.8) is 0 Å². The molecule has 1 saturated heterocycles. The summed E-state index contributed by atoms with van der Waals surface area (Å²) in [7, 11) is -2.39. The number of sulfonamides is 1. The Balaban J connectivity index is 1.59. The molecule has 1 N–H and O–H groups in total. The summed E-state index contributed by atoms with van der Waals surface area (Å²) >= 11 is 1.27. The fourth-order valence-electron chi connectivity index (χ4n) is 3.71. The number of carbonyl (C=O) groups is 1. The van der Waals surface area contributed by atoms with E-state index in [9.17, 15) is 13.2 Å². The van der Waals surface area contributed by atoms with Crippen LogP contribution in [0.3, 0.4) is 0 Å². The van der Waals surface area contributed by atoms with Gasteiger partial charge in [-0.05, 0) is 50.1 Å². The second-order valence-electron chi connectivity index (χ2n) is 7.53. The molecule has 3 heterocycles. The molecular formula is C22H24N4O4S2. The van der Waals surface area contributed by atoms with Crippen LogP contribution in [0.2, 0.25) is 0 Å². The lowest BCUT2D eigenvalue weighted by Crippen LogP contribution is -2.42. The minimum absolute atomic E-state index is 0.00490. The van der Waals surface area contributed by atoms with Crippen LogP contribution in [0.5, 0.6) is 5.75 Å². The first-order chi connectivity index (χ1) is 15.4. The van der Waals surface area contributed by atoms with Crippen molar-refractivity contribution in [3.8, 4) is 17.1 Å². The summed E-state index contributed by atoms with van der Waals surface area (Å²) in [6.07, 6.45) is 4.30. The number of hydrogen-bond donors (Lipinski definition) is 1. The van der Waals surface area contributed by atoms with Gasteiger partial charge in [0.25, 0.3) is 5.91 Å². The minimum Gasteiger partial charge on any atom is -0.495 e. The topological polar surface area (TPSA) is 101 Å². The highest BCUT2D eigenvalue weighted by Crippen LogP contribution is 2.32. The number of nitrogens with one attached hydrogen (secondary N) is 1. The molecule has 10 heteroatoms. The maximum atomic E-state index is 13.4. The highest BCUT2D eigenvalue weighted by Gasteiger charge is 2.33. The van der Waals surface area contributed by atoms with Crippen molar-refractivity contribution >= 4 is 32.4 Å². The van der Waals surface area contributed by atoms with Gasteiger partial charge in [0.2, 0.25) is 10.0 Å². The fourth-order valence-corrected chi connectivity index (χ4v) is 6.29. The highest BCUT2D eigenvalue weighted by atomic mass is 32.2. The molecule has 1 fully saturated rings. The smallest absolute Gasteiger partial charge is 0.257 e. The maximum absolute atomic E-state index is 13.4. The Labute approximate surface area is 191 Å². The number of methoxy groups -OCH3 is 1. The summed E-state index contributed by atoms with van der Waals surface area (Å²) in [5.74, 6) is -0.233. The third-order valence-corrected chi connectivity index (χ3v) is 8.20. The molecule has 1 amide bonds. The Morgan fingerprint density at radius 2 is 2.06 bits per heavy atom. The normalized spacial score (nSPS) is 17.1. The molecule has 32 heavy (non-hydrogen) atoms. The number of piperidine rings is 1. The Morgan fingerprint density at radius 1 is 1.22 bits per heavy atom. The largest absolute Gasteiger partial charge is 0.495 e. The summed E-state index contributed by atoms with van der Waals surface area (Å²) < 4.78 is 33.5. The number of hydrogen-bond acceptors (Lipinski definition) is 7. The number of pyridine rings is 1. The van der Waals surface area contributed by atoms with E-state index in [-0.39, 0.29) is 22.3 Å². The number of amides is 1. The Kier molecular flexibility index (Phi) is 6.54. The zero-order valence-electron chi connectivity index (χ0n) is 17.8. The van der Waals surface area contributed by atoms with E-state index in [0.717, 1.165) is 19.3 Å². The molecule has 1 unspecified atom stereocenters. The van der Waals surface area contributed by atoms with Gasteiger partial charge >= 0.3 is 0 Å². The monoisotopic (exact) mass is 472 g/mol. The zero-order valence-corrected chi connectivity index (χ0v) is 19.4. The van der Waals surface area contributed by atoms with Crippen LogP contribution < -0.4 is 10.1 Å². The van der Waals surface area contributed by atoms with Gasteiger partial charge in [-0.25, -0.2) is 13.4 Å². The third-order valence-electron chi connectivity index (χ3n) is 5.41. The van der Waals surface area contributed by atoms with E-state index in [0.29, 0.717) is 23.1 Å². The van der Waals surface area contributed by atoms with Crippen molar-refractivity contribution in [3.05, 3.63) is 53.5 Å². The summed E-state index contributed by atoms with van der Waals surface area (Å²) in [5, 5.41) is 4.95. The summed E-state index contributed by atoms with van der Waals surface area (Å²) in [5.41, 5.74) is 1.57. The van der Waals surface area contributed by atoms with Crippen molar-refractivity contribution in [2.45, 2.75) is 37.1 Å². The predicted molar refractivity (Wildman–Crippen MR) is 123 cm³/mol. The number of ether oxygens (including phenoxy) is 1. The standard InChI is InChI=1S/C22H24N4O4S2/c1-15-7-4-6-12-26(15)32(28,29)20-13-16(9-10-19(20)30-2)21(27)25-22-24-18(14-31-22)17-8-3-5-11-23-17/h3,5,8-11,13-15H,4,6-7,12H2,1-2H3,(H,24,25,27). The van der Waals surface area contributed by atoms with Crippen molar-refractivity contribution in [2.75, 3.05) is 19.0 Å². The van der Waals surface area contributed by atoms with Crippen molar-refractivity contribution in [1.29, 1.82) is 0 Å². The molecule has 4 rings (SSSR count). The third kappa shape index (κ3) is 4.52. The van der Waals surface area contributed by atoms with E-state index in [1.165, 1.54) is 34.9 Å². The van der Waals surface area contributed by atoms with Crippen molar-refractivity contribution in [2.24, 2.45) is 0 Å². The molecule has 168 valence electrons. The number of aromatic nitrogens is 2. The molecule has 0 aliphatic carbocycles. The molecule has 1 aliphatic rings. The van der Waals surface area contributed by atoms with Crippen LogP contribution in [0, 0.1) is 0 Å². The van der Waals surface area contributed by atoms with Crippen molar-refractivity contribution in [1.82, 2.24) is 14.3 Å². The van der Waals surface area contributed by atoms with E-state index >= 15 is 0 Å². The highest BCUT2D eigenvalue weighted by molar-refractivity contribution is 7.89. The van der Waals surface area contributed by atoms with E-state index in [1.54, 1.807) is 17.6 Å². The molecule has 0 saturated carbocycles. The molecule has 0 spiro atoms. The SMILES string of the molecule is COc1ccc(C(=O)Nc2nc(-c3ccccn3)cs2)cc1S(=O)(=O)N1CCCCC1C. The molecule has 3 aromatic rings. The van der Waals surface area contributed by atoms with Crippen LogP contribution in [0.1, 0.15) is 36.5 Å². The number of nitrogens with zero attached hydrogens (tertiary/aromatic N) is 3. The van der Waals surface area contributed by atoms with Gasteiger partial charge in [0.15, 0.2) is 5.13 Å². The Hall–Kier alpha value is -2.82. The molecule has 2 aromatic heterocycles. The van der Waals surface area contributed by atoms with Crippen LogP contribution in [-0.2, 0) is 10.0 Å². The Bertz CT molecular complexity index is 1210. The first-order valence-electron chi connectivity index (χ1n) is 10.3. The summed E-state index contributed by atoms with van der Waals surface area (Å²) in [6, 6.07) is 9.84. The minimum atomic E-state index is -3.81. The van der Waals surface area contributed by atoms with Crippen LogP contribution in [0.4, 0.5) is 5.13 Å². The number of benzene rings is 1. The number of carbonyl (C=O) groups excluding carboxylic acids is 1. The van der Waals surface area contributed by atoms with Crippen LogP contribution in [0.25, 0.3) is 11.4 Å². The van der Waals surface area contributed by atoms with Gasteiger partial charge in [-0.2, -0.15) is 4.31 Å². The van der Waals surface area contributed by atoms with Crippen LogP contribution in [-0.4, -0.2) is 48.3 Å². The molecule has 0 bridgehead atoms. The predicted octanol–water partition coefficient (Wildman–Crippen LogP) is 4.03. The zero-order chi connectivity index (χ0) is 22.7.